The lowest BCUT2D eigenvalue weighted by Crippen LogP contribution is -2.34. The smallest absolute Gasteiger partial charge is 0.240 e. The second-order valence-corrected chi connectivity index (χ2v) is 8.90. The number of nitrogens with one attached hydrogen (secondary N) is 1. The predicted octanol–water partition coefficient (Wildman–Crippen LogP) is 2.96. The zero-order valence-corrected chi connectivity index (χ0v) is 17.3. The number of sulfonamides is 1. The topological polar surface area (TPSA) is 75.7 Å². The van der Waals surface area contributed by atoms with Crippen LogP contribution in [-0.2, 0) is 21.2 Å². The molecule has 0 spiro atoms. The molecule has 3 rings (SSSR count). The van der Waals surface area contributed by atoms with Crippen molar-refractivity contribution in [3.8, 4) is 5.75 Å². The Hall–Kier alpha value is -2.38. The minimum atomic E-state index is -3.64. The molecule has 0 aliphatic carbocycles. The van der Waals surface area contributed by atoms with E-state index < -0.39 is 10.0 Å². The van der Waals surface area contributed by atoms with Crippen LogP contribution in [0.15, 0.2) is 41.3 Å². The number of nitrogens with zero attached hydrogens (tertiary/aromatic N) is 1. The van der Waals surface area contributed by atoms with E-state index >= 15 is 0 Å². The molecule has 1 amide bonds. The third-order valence-corrected chi connectivity index (χ3v) is 6.18. The molecule has 2 aromatic rings. The van der Waals surface area contributed by atoms with Crippen LogP contribution in [0.5, 0.6) is 5.75 Å². The molecule has 1 heterocycles. The molecule has 28 heavy (non-hydrogen) atoms. The van der Waals surface area contributed by atoms with Crippen molar-refractivity contribution in [1.82, 2.24) is 4.72 Å². The Kier molecular flexibility index (Phi) is 6.05. The van der Waals surface area contributed by atoms with E-state index in [4.69, 9.17) is 4.74 Å². The fraction of sp³-hybridized carbons (Fsp3) is 0.381. The van der Waals surface area contributed by atoms with Crippen molar-refractivity contribution in [2.24, 2.45) is 0 Å². The normalized spacial score (nSPS) is 13.9. The first-order valence-electron chi connectivity index (χ1n) is 9.38. The summed E-state index contributed by atoms with van der Waals surface area (Å²) in [5, 5.41) is 0. The van der Waals surface area contributed by atoms with Crippen LogP contribution in [0.3, 0.4) is 0 Å². The highest BCUT2D eigenvalue weighted by Gasteiger charge is 2.22. The molecule has 7 heteroatoms. The standard InChI is InChI=1S/C21H26N2O4S/c1-15-11-16(2)13-19(12-15)27-10-8-22-28(25,26)20-6-7-21-18(14-20)5-4-9-23(21)17(3)24/h6-7,11-14,22H,4-5,8-10H2,1-3H3. The van der Waals surface area contributed by atoms with Gasteiger partial charge in [-0.15, -0.1) is 0 Å². The number of hydrogen-bond acceptors (Lipinski definition) is 4. The van der Waals surface area contributed by atoms with Gasteiger partial charge in [0.15, 0.2) is 0 Å². The average molecular weight is 403 g/mol. The van der Waals surface area contributed by atoms with Gasteiger partial charge in [0.05, 0.1) is 4.90 Å². The molecule has 6 nitrogen and oxygen atoms in total. The van der Waals surface area contributed by atoms with Gasteiger partial charge in [0.2, 0.25) is 15.9 Å². The molecule has 0 unspecified atom stereocenters. The number of anilines is 1. The first-order valence-corrected chi connectivity index (χ1v) is 10.9. The Balaban J connectivity index is 1.64. The van der Waals surface area contributed by atoms with Crippen molar-refractivity contribution < 1.29 is 17.9 Å². The minimum Gasteiger partial charge on any atom is -0.492 e. The number of hydrogen-bond donors (Lipinski definition) is 1. The molecule has 0 saturated heterocycles. The van der Waals surface area contributed by atoms with Gasteiger partial charge in [0, 0.05) is 25.7 Å². The molecule has 0 radical (unpaired) electrons. The summed E-state index contributed by atoms with van der Waals surface area (Å²) in [5.41, 5.74) is 3.89. The summed E-state index contributed by atoms with van der Waals surface area (Å²) in [4.78, 5) is 13.7. The van der Waals surface area contributed by atoms with Crippen LogP contribution in [0.1, 0.15) is 30.0 Å². The zero-order valence-electron chi connectivity index (χ0n) is 16.5. The average Bonchev–Trinajstić information content (AvgIpc) is 2.63. The summed E-state index contributed by atoms with van der Waals surface area (Å²) in [6.07, 6.45) is 1.59. The SMILES string of the molecule is CC(=O)N1CCCc2cc(S(=O)(=O)NCCOc3cc(C)cc(C)c3)ccc21. The first-order chi connectivity index (χ1) is 13.3. The van der Waals surface area contributed by atoms with Gasteiger partial charge in [-0.3, -0.25) is 4.79 Å². The number of aryl methyl sites for hydroxylation is 3. The molecular weight excluding hydrogens is 376 g/mol. The van der Waals surface area contributed by atoms with E-state index in [-0.39, 0.29) is 24.0 Å². The molecule has 0 bridgehead atoms. The van der Waals surface area contributed by atoms with Gasteiger partial charge in [0.25, 0.3) is 0 Å². The fourth-order valence-electron chi connectivity index (χ4n) is 3.51. The molecular formula is C21H26N2O4S. The van der Waals surface area contributed by atoms with Gasteiger partial charge in [-0.05, 0) is 73.7 Å². The number of carbonyl (C=O) groups excluding carboxylic acids is 1. The second kappa shape index (κ2) is 8.32. The van der Waals surface area contributed by atoms with Crippen molar-refractivity contribution in [2.75, 3.05) is 24.6 Å². The molecule has 150 valence electrons. The molecule has 0 aromatic heterocycles. The van der Waals surface area contributed by atoms with Crippen molar-refractivity contribution in [3.63, 3.8) is 0 Å². The Morgan fingerprint density at radius 3 is 2.54 bits per heavy atom. The molecule has 0 atom stereocenters. The van der Waals surface area contributed by atoms with Crippen LogP contribution in [0.25, 0.3) is 0 Å². The summed E-state index contributed by atoms with van der Waals surface area (Å²) < 4.78 is 33.5. The molecule has 0 saturated carbocycles. The first kappa shape index (κ1) is 20.4. The van der Waals surface area contributed by atoms with Gasteiger partial charge in [-0.25, -0.2) is 13.1 Å². The third kappa shape index (κ3) is 4.72. The lowest BCUT2D eigenvalue weighted by molar-refractivity contribution is -0.116. The lowest BCUT2D eigenvalue weighted by atomic mass is 10.0. The van der Waals surface area contributed by atoms with Crippen LogP contribution in [-0.4, -0.2) is 34.0 Å². The van der Waals surface area contributed by atoms with E-state index in [0.29, 0.717) is 6.54 Å². The summed E-state index contributed by atoms with van der Waals surface area (Å²) in [5.74, 6) is 0.702. The number of amides is 1. The van der Waals surface area contributed by atoms with E-state index in [1.54, 1.807) is 23.1 Å². The van der Waals surface area contributed by atoms with E-state index in [1.807, 2.05) is 26.0 Å². The number of rotatable bonds is 6. The highest BCUT2D eigenvalue weighted by Crippen LogP contribution is 2.29. The van der Waals surface area contributed by atoms with Crippen molar-refractivity contribution >= 4 is 21.6 Å². The molecule has 2 aromatic carbocycles. The number of benzene rings is 2. The highest BCUT2D eigenvalue weighted by molar-refractivity contribution is 7.89. The summed E-state index contributed by atoms with van der Waals surface area (Å²) >= 11 is 0. The van der Waals surface area contributed by atoms with E-state index in [2.05, 4.69) is 10.8 Å². The number of fused-ring (bicyclic) bond motifs is 1. The predicted molar refractivity (Wildman–Crippen MR) is 109 cm³/mol. The van der Waals surface area contributed by atoms with Gasteiger partial charge < -0.3 is 9.64 Å². The monoisotopic (exact) mass is 402 g/mol. The summed E-state index contributed by atoms with van der Waals surface area (Å²) in [7, 11) is -3.64. The van der Waals surface area contributed by atoms with Crippen LogP contribution in [0, 0.1) is 13.8 Å². The maximum Gasteiger partial charge on any atom is 0.240 e. The summed E-state index contributed by atoms with van der Waals surface area (Å²) in [6, 6.07) is 10.8. The summed E-state index contributed by atoms with van der Waals surface area (Å²) in [6.45, 7) is 6.59. The lowest BCUT2D eigenvalue weighted by Gasteiger charge is -2.28. The van der Waals surface area contributed by atoms with Crippen molar-refractivity contribution in [3.05, 3.63) is 53.1 Å². The largest absolute Gasteiger partial charge is 0.492 e. The number of carbonyl (C=O) groups is 1. The van der Waals surface area contributed by atoms with Gasteiger partial charge in [-0.1, -0.05) is 6.07 Å². The van der Waals surface area contributed by atoms with Gasteiger partial charge >= 0.3 is 0 Å². The maximum absolute atomic E-state index is 12.6. The molecule has 1 N–H and O–H groups in total. The van der Waals surface area contributed by atoms with Crippen molar-refractivity contribution in [2.45, 2.75) is 38.5 Å². The van der Waals surface area contributed by atoms with E-state index in [0.717, 1.165) is 41.0 Å². The van der Waals surface area contributed by atoms with Crippen LogP contribution >= 0.6 is 0 Å². The highest BCUT2D eigenvalue weighted by atomic mass is 32.2. The van der Waals surface area contributed by atoms with Gasteiger partial charge in [-0.2, -0.15) is 0 Å². The number of ether oxygens (including phenoxy) is 1. The molecule has 1 aliphatic heterocycles. The zero-order chi connectivity index (χ0) is 20.3. The maximum atomic E-state index is 12.6. The van der Waals surface area contributed by atoms with Gasteiger partial charge in [0.1, 0.15) is 12.4 Å². The Morgan fingerprint density at radius 2 is 1.86 bits per heavy atom. The van der Waals surface area contributed by atoms with Crippen molar-refractivity contribution in [1.29, 1.82) is 0 Å². The second-order valence-electron chi connectivity index (χ2n) is 7.13. The Labute approximate surface area is 166 Å². The van der Waals surface area contributed by atoms with Crippen LogP contribution in [0.4, 0.5) is 5.69 Å². The Bertz CT molecular complexity index is 966. The molecule has 1 aliphatic rings. The minimum absolute atomic E-state index is 0.0294. The van der Waals surface area contributed by atoms with Crippen LogP contribution in [0.2, 0.25) is 0 Å². The Morgan fingerprint density at radius 1 is 1.14 bits per heavy atom. The quantitative estimate of drug-likeness (QED) is 0.754. The van der Waals surface area contributed by atoms with Crippen LogP contribution < -0.4 is 14.4 Å². The van der Waals surface area contributed by atoms with E-state index in [9.17, 15) is 13.2 Å². The fourth-order valence-corrected chi connectivity index (χ4v) is 4.58. The molecule has 0 fully saturated rings. The van der Waals surface area contributed by atoms with E-state index in [1.165, 1.54) is 6.92 Å². The third-order valence-electron chi connectivity index (χ3n) is 4.72.